The van der Waals surface area contributed by atoms with Crippen LogP contribution in [0.5, 0.6) is 11.5 Å². The third-order valence-electron chi connectivity index (χ3n) is 2.52. The first kappa shape index (κ1) is 16.1. The maximum absolute atomic E-state index is 5.32. The highest BCUT2D eigenvalue weighted by atomic mass is 35.5. The van der Waals surface area contributed by atoms with Gasteiger partial charge >= 0.3 is 0 Å². The lowest BCUT2D eigenvalue weighted by atomic mass is 10.2. The number of benzene rings is 1. The van der Waals surface area contributed by atoms with E-state index in [2.05, 4.69) is 12.2 Å². The third-order valence-corrected chi connectivity index (χ3v) is 2.52. The van der Waals surface area contributed by atoms with Crippen molar-refractivity contribution in [3.05, 3.63) is 23.8 Å². The SMILES string of the molecule is CCCCNCc1ccc(OC)cc1OC.Cl. The molecule has 0 bridgehead atoms. The minimum absolute atomic E-state index is 0. The number of methoxy groups -OCH3 is 2. The van der Waals surface area contributed by atoms with Gasteiger partial charge in [-0.3, -0.25) is 0 Å². The number of rotatable bonds is 7. The third kappa shape index (κ3) is 5.29. The summed E-state index contributed by atoms with van der Waals surface area (Å²) in [7, 11) is 3.35. The molecule has 1 aromatic rings. The number of ether oxygens (including phenoxy) is 2. The van der Waals surface area contributed by atoms with E-state index >= 15 is 0 Å². The van der Waals surface area contributed by atoms with Crippen LogP contribution in [-0.4, -0.2) is 20.8 Å². The minimum Gasteiger partial charge on any atom is -0.497 e. The zero-order valence-corrected chi connectivity index (χ0v) is 11.6. The second-order valence-electron chi connectivity index (χ2n) is 3.71. The van der Waals surface area contributed by atoms with Crippen LogP contribution in [0.1, 0.15) is 25.3 Å². The maximum atomic E-state index is 5.32. The molecule has 17 heavy (non-hydrogen) atoms. The standard InChI is InChI=1S/C13H21NO2.ClH/c1-4-5-8-14-10-11-6-7-12(15-2)9-13(11)16-3;/h6-7,9,14H,4-5,8,10H2,1-3H3;1H. The molecule has 1 rings (SSSR count). The average molecular weight is 260 g/mol. The number of halogens is 1. The first-order valence-electron chi connectivity index (χ1n) is 5.73. The molecule has 0 saturated carbocycles. The second kappa shape index (κ2) is 9.14. The molecule has 0 saturated heterocycles. The van der Waals surface area contributed by atoms with Crippen LogP contribution in [0, 0.1) is 0 Å². The van der Waals surface area contributed by atoms with Crippen molar-refractivity contribution in [3.63, 3.8) is 0 Å². The van der Waals surface area contributed by atoms with Gasteiger partial charge in [0.15, 0.2) is 0 Å². The highest BCUT2D eigenvalue weighted by Crippen LogP contribution is 2.24. The van der Waals surface area contributed by atoms with Crippen LogP contribution in [0.25, 0.3) is 0 Å². The van der Waals surface area contributed by atoms with E-state index in [-0.39, 0.29) is 12.4 Å². The predicted octanol–water partition coefficient (Wildman–Crippen LogP) is 3.02. The van der Waals surface area contributed by atoms with Crippen LogP contribution >= 0.6 is 12.4 Å². The Morgan fingerprint density at radius 2 is 1.94 bits per heavy atom. The molecular weight excluding hydrogens is 238 g/mol. The zero-order valence-electron chi connectivity index (χ0n) is 10.8. The molecule has 0 unspecified atom stereocenters. The van der Waals surface area contributed by atoms with Crippen LogP contribution in [0.4, 0.5) is 0 Å². The van der Waals surface area contributed by atoms with E-state index in [1.807, 2.05) is 18.2 Å². The lowest BCUT2D eigenvalue weighted by molar-refractivity contribution is 0.390. The number of hydrogen-bond donors (Lipinski definition) is 1. The van der Waals surface area contributed by atoms with Crippen molar-refractivity contribution in [2.24, 2.45) is 0 Å². The van der Waals surface area contributed by atoms with E-state index in [4.69, 9.17) is 9.47 Å². The van der Waals surface area contributed by atoms with Gasteiger partial charge in [-0.2, -0.15) is 0 Å². The van der Waals surface area contributed by atoms with Gasteiger partial charge in [0.05, 0.1) is 14.2 Å². The van der Waals surface area contributed by atoms with Gasteiger partial charge in [0.1, 0.15) is 11.5 Å². The number of nitrogens with one attached hydrogen (secondary N) is 1. The first-order chi connectivity index (χ1) is 7.81. The van der Waals surface area contributed by atoms with Crippen LogP contribution in [0.3, 0.4) is 0 Å². The highest BCUT2D eigenvalue weighted by molar-refractivity contribution is 5.85. The van der Waals surface area contributed by atoms with Crippen LogP contribution in [0.15, 0.2) is 18.2 Å². The van der Waals surface area contributed by atoms with E-state index < -0.39 is 0 Å². The topological polar surface area (TPSA) is 30.5 Å². The molecule has 3 nitrogen and oxygen atoms in total. The van der Waals surface area contributed by atoms with E-state index in [0.29, 0.717) is 0 Å². The summed E-state index contributed by atoms with van der Waals surface area (Å²) in [5.74, 6) is 1.71. The molecule has 4 heteroatoms. The van der Waals surface area contributed by atoms with Gasteiger partial charge in [-0.25, -0.2) is 0 Å². The van der Waals surface area contributed by atoms with Crippen molar-refractivity contribution in [2.75, 3.05) is 20.8 Å². The maximum Gasteiger partial charge on any atom is 0.127 e. The summed E-state index contributed by atoms with van der Waals surface area (Å²) in [6.07, 6.45) is 2.42. The van der Waals surface area contributed by atoms with Crippen molar-refractivity contribution in [2.45, 2.75) is 26.3 Å². The van der Waals surface area contributed by atoms with Gasteiger partial charge in [0.25, 0.3) is 0 Å². The predicted molar refractivity (Wildman–Crippen MR) is 73.4 cm³/mol. The Morgan fingerprint density at radius 3 is 2.53 bits per heavy atom. The van der Waals surface area contributed by atoms with Gasteiger partial charge in [-0.05, 0) is 19.0 Å². The molecule has 1 aromatic carbocycles. The lowest BCUT2D eigenvalue weighted by Crippen LogP contribution is -2.15. The van der Waals surface area contributed by atoms with Gasteiger partial charge in [0.2, 0.25) is 0 Å². The Kier molecular flexibility index (Phi) is 8.64. The van der Waals surface area contributed by atoms with E-state index in [1.165, 1.54) is 18.4 Å². The quantitative estimate of drug-likeness (QED) is 0.764. The van der Waals surface area contributed by atoms with Crippen molar-refractivity contribution in [1.82, 2.24) is 5.32 Å². The van der Waals surface area contributed by atoms with Crippen LogP contribution in [-0.2, 0) is 6.54 Å². The summed E-state index contributed by atoms with van der Waals surface area (Å²) in [5, 5.41) is 3.39. The molecule has 0 heterocycles. The summed E-state index contributed by atoms with van der Waals surface area (Å²) in [6.45, 7) is 4.08. The summed E-state index contributed by atoms with van der Waals surface area (Å²) in [6, 6.07) is 5.91. The van der Waals surface area contributed by atoms with Crippen molar-refractivity contribution >= 4 is 12.4 Å². The molecule has 0 aliphatic carbocycles. The zero-order chi connectivity index (χ0) is 11.8. The van der Waals surface area contributed by atoms with Gasteiger partial charge in [-0.15, -0.1) is 12.4 Å². The fraction of sp³-hybridized carbons (Fsp3) is 0.538. The van der Waals surface area contributed by atoms with E-state index in [1.54, 1.807) is 14.2 Å². The molecule has 0 amide bonds. The first-order valence-corrected chi connectivity index (χ1v) is 5.73. The number of unbranched alkanes of at least 4 members (excludes halogenated alkanes) is 1. The largest absolute Gasteiger partial charge is 0.497 e. The monoisotopic (exact) mass is 259 g/mol. The van der Waals surface area contributed by atoms with E-state index in [0.717, 1.165) is 24.6 Å². The van der Waals surface area contributed by atoms with Crippen molar-refractivity contribution < 1.29 is 9.47 Å². The Balaban J connectivity index is 0.00000256. The highest BCUT2D eigenvalue weighted by Gasteiger charge is 2.03. The molecule has 0 aliphatic rings. The Bertz CT molecular complexity index is 318. The molecule has 0 fully saturated rings. The van der Waals surface area contributed by atoms with Crippen molar-refractivity contribution in [1.29, 1.82) is 0 Å². The van der Waals surface area contributed by atoms with Crippen molar-refractivity contribution in [3.8, 4) is 11.5 Å². The normalized spacial score (nSPS) is 9.59. The Hall–Kier alpha value is -0.930. The van der Waals surface area contributed by atoms with Crippen LogP contribution in [0.2, 0.25) is 0 Å². The van der Waals surface area contributed by atoms with Crippen LogP contribution < -0.4 is 14.8 Å². The summed E-state index contributed by atoms with van der Waals surface area (Å²) in [4.78, 5) is 0. The molecule has 1 N–H and O–H groups in total. The molecule has 0 atom stereocenters. The minimum atomic E-state index is 0. The van der Waals surface area contributed by atoms with E-state index in [9.17, 15) is 0 Å². The fourth-order valence-electron chi connectivity index (χ4n) is 1.52. The smallest absolute Gasteiger partial charge is 0.127 e. The summed E-state index contributed by atoms with van der Waals surface area (Å²) < 4.78 is 10.5. The Morgan fingerprint density at radius 1 is 1.18 bits per heavy atom. The van der Waals surface area contributed by atoms with Gasteiger partial charge < -0.3 is 14.8 Å². The molecular formula is C13H22ClNO2. The average Bonchev–Trinajstić information content (AvgIpc) is 2.34. The lowest BCUT2D eigenvalue weighted by Gasteiger charge is -2.11. The molecule has 0 aromatic heterocycles. The fourth-order valence-corrected chi connectivity index (χ4v) is 1.52. The number of hydrogen-bond acceptors (Lipinski definition) is 3. The summed E-state index contributed by atoms with van der Waals surface area (Å²) in [5.41, 5.74) is 1.17. The molecule has 0 spiro atoms. The molecule has 98 valence electrons. The molecule has 0 aliphatic heterocycles. The molecule has 0 radical (unpaired) electrons. The van der Waals surface area contributed by atoms with Gasteiger partial charge in [0, 0.05) is 18.2 Å². The Labute approximate surface area is 110 Å². The van der Waals surface area contributed by atoms with Gasteiger partial charge in [-0.1, -0.05) is 19.4 Å². The summed E-state index contributed by atoms with van der Waals surface area (Å²) >= 11 is 0. The second-order valence-corrected chi connectivity index (χ2v) is 3.71.